The molecule has 0 fully saturated rings. The fourth-order valence-electron chi connectivity index (χ4n) is 3.94. The Bertz CT molecular complexity index is 805. The standard InChI is InChI=1S/C23H35N5O.HI/c1-18-17-19(2)28(27-18)15-7-13-25-23(24-3)26-14-8-16-29-22-12-6-10-20-9-4-5-11-21(20)22;/h4-5,9,11,17,22H,6-8,10,12-16H2,1-3H3,(H2,24,25,26);1H. The fraction of sp³-hybridized carbons (Fsp3) is 0.565. The maximum atomic E-state index is 6.18. The number of benzene rings is 1. The third kappa shape index (κ3) is 7.27. The van der Waals surface area contributed by atoms with Crippen LogP contribution in [0.4, 0.5) is 0 Å². The number of nitrogens with one attached hydrogen (secondary N) is 2. The number of nitrogens with zero attached hydrogens (tertiary/aromatic N) is 3. The molecule has 166 valence electrons. The highest BCUT2D eigenvalue weighted by molar-refractivity contribution is 14.0. The summed E-state index contributed by atoms with van der Waals surface area (Å²) in [6, 6.07) is 10.8. The van der Waals surface area contributed by atoms with E-state index < -0.39 is 0 Å². The fourth-order valence-corrected chi connectivity index (χ4v) is 3.94. The third-order valence-corrected chi connectivity index (χ3v) is 5.41. The van der Waals surface area contributed by atoms with Gasteiger partial charge in [-0.2, -0.15) is 5.10 Å². The van der Waals surface area contributed by atoms with Crippen LogP contribution in [0.3, 0.4) is 0 Å². The molecule has 0 saturated carbocycles. The van der Waals surface area contributed by atoms with Gasteiger partial charge in [-0.25, -0.2) is 0 Å². The van der Waals surface area contributed by atoms with Crippen LogP contribution >= 0.6 is 24.0 Å². The van der Waals surface area contributed by atoms with Gasteiger partial charge in [0.1, 0.15) is 0 Å². The highest BCUT2D eigenvalue weighted by Gasteiger charge is 2.19. The Kier molecular flexibility index (Phi) is 10.6. The van der Waals surface area contributed by atoms with E-state index >= 15 is 0 Å². The maximum Gasteiger partial charge on any atom is 0.190 e. The normalized spacial score (nSPS) is 16.0. The van der Waals surface area contributed by atoms with Crippen molar-refractivity contribution in [2.45, 2.75) is 58.6 Å². The van der Waals surface area contributed by atoms with Gasteiger partial charge in [0.15, 0.2) is 5.96 Å². The van der Waals surface area contributed by atoms with E-state index in [4.69, 9.17) is 4.74 Å². The Balaban J connectivity index is 0.00000320. The van der Waals surface area contributed by atoms with Crippen molar-refractivity contribution < 1.29 is 4.74 Å². The van der Waals surface area contributed by atoms with Crippen LogP contribution < -0.4 is 10.6 Å². The Morgan fingerprint density at radius 1 is 1.20 bits per heavy atom. The average Bonchev–Trinajstić information content (AvgIpc) is 3.06. The van der Waals surface area contributed by atoms with Crippen molar-refractivity contribution in [1.29, 1.82) is 0 Å². The zero-order valence-corrected chi connectivity index (χ0v) is 20.8. The van der Waals surface area contributed by atoms with Gasteiger partial charge < -0.3 is 15.4 Å². The third-order valence-electron chi connectivity index (χ3n) is 5.41. The molecular formula is C23H36IN5O. The first-order valence-electron chi connectivity index (χ1n) is 10.8. The van der Waals surface area contributed by atoms with Crippen LogP contribution in [0, 0.1) is 13.8 Å². The molecule has 1 aliphatic rings. The molecule has 1 heterocycles. The minimum atomic E-state index is 0. The maximum absolute atomic E-state index is 6.18. The zero-order chi connectivity index (χ0) is 20.5. The van der Waals surface area contributed by atoms with E-state index in [0.29, 0.717) is 0 Å². The van der Waals surface area contributed by atoms with Crippen molar-refractivity contribution in [2.75, 3.05) is 26.7 Å². The Labute approximate surface area is 197 Å². The monoisotopic (exact) mass is 525 g/mol. The SMILES string of the molecule is CN=C(NCCCOC1CCCc2ccccc21)NCCCn1nc(C)cc1C.I. The molecule has 0 radical (unpaired) electrons. The Morgan fingerprint density at radius 3 is 2.70 bits per heavy atom. The van der Waals surface area contributed by atoms with Crippen molar-refractivity contribution in [3.63, 3.8) is 0 Å². The van der Waals surface area contributed by atoms with Crippen LogP contribution in [-0.4, -0.2) is 42.5 Å². The molecule has 0 bridgehead atoms. The Morgan fingerprint density at radius 2 is 1.97 bits per heavy atom. The van der Waals surface area contributed by atoms with Crippen molar-refractivity contribution in [2.24, 2.45) is 4.99 Å². The summed E-state index contributed by atoms with van der Waals surface area (Å²) in [5.41, 5.74) is 5.12. The van der Waals surface area contributed by atoms with Gasteiger partial charge in [0.05, 0.1) is 11.8 Å². The lowest BCUT2D eigenvalue weighted by Gasteiger charge is -2.25. The van der Waals surface area contributed by atoms with E-state index in [0.717, 1.165) is 57.2 Å². The summed E-state index contributed by atoms with van der Waals surface area (Å²) < 4.78 is 8.24. The molecule has 30 heavy (non-hydrogen) atoms. The molecule has 0 aliphatic heterocycles. The van der Waals surface area contributed by atoms with Gasteiger partial charge in [0, 0.05) is 39.0 Å². The molecule has 1 aromatic carbocycles. The number of aliphatic imine (C=N–C) groups is 1. The first kappa shape index (κ1) is 24.7. The molecule has 3 rings (SSSR count). The summed E-state index contributed by atoms with van der Waals surface area (Å²) in [6.07, 6.45) is 5.75. The van der Waals surface area contributed by atoms with Crippen molar-refractivity contribution in [3.05, 3.63) is 52.8 Å². The number of fused-ring (bicyclic) bond motifs is 1. The number of hydrogen-bond acceptors (Lipinski definition) is 3. The van der Waals surface area contributed by atoms with Crippen LogP contribution in [0.1, 0.15) is 54.3 Å². The highest BCUT2D eigenvalue weighted by Crippen LogP contribution is 2.32. The minimum Gasteiger partial charge on any atom is -0.373 e. The molecule has 0 spiro atoms. The number of rotatable bonds is 9. The molecule has 1 aromatic heterocycles. The van der Waals surface area contributed by atoms with Crippen LogP contribution in [0.2, 0.25) is 0 Å². The second-order valence-electron chi connectivity index (χ2n) is 7.73. The van der Waals surface area contributed by atoms with Crippen LogP contribution in [0.25, 0.3) is 0 Å². The first-order valence-corrected chi connectivity index (χ1v) is 10.8. The molecule has 2 N–H and O–H groups in total. The molecule has 1 unspecified atom stereocenters. The lowest BCUT2D eigenvalue weighted by atomic mass is 9.89. The predicted molar refractivity (Wildman–Crippen MR) is 134 cm³/mol. The molecule has 1 atom stereocenters. The van der Waals surface area contributed by atoms with Gasteiger partial charge in [-0.3, -0.25) is 9.67 Å². The molecule has 1 aliphatic carbocycles. The van der Waals surface area contributed by atoms with E-state index in [-0.39, 0.29) is 30.1 Å². The van der Waals surface area contributed by atoms with E-state index in [9.17, 15) is 0 Å². The van der Waals surface area contributed by atoms with Gasteiger partial charge >= 0.3 is 0 Å². The summed E-state index contributed by atoms with van der Waals surface area (Å²) in [5.74, 6) is 0.848. The van der Waals surface area contributed by atoms with Gasteiger partial charge in [-0.15, -0.1) is 24.0 Å². The summed E-state index contributed by atoms with van der Waals surface area (Å²) in [4.78, 5) is 4.30. The smallest absolute Gasteiger partial charge is 0.190 e. The average molecular weight is 525 g/mol. The first-order chi connectivity index (χ1) is 14.2. The summed E-state index contributed by atoms with van der Waals surface area (Å²) in [7, 11) is 1.81. The van der Waals surface area contributed by atoms with Crippen LogP contribution in [0.5, 0.6) is 0 Å². The number of ether oxygens (including phenoxy) is 1. The predicted octanol–water partition coefficient (Wildman–Crippen LogP) is 4.16. The molecule has 0 saturated heterocycles. The van der Waals surface area contributed by atoms with Crippen LogP contribution in [0.15, 0.2) is 35.3 Å². The minimum absolute atomic E-state index is 0. The quantitative estimate of drug-likeness (QED) is 0.224. The number of guanidine groups is 1. The number of aryl methyl sites for hydroxylation is 4. The summed E-state index contributed by atoms with van der Waals surface area (Å²) in [5, 5.41) is 11.3. The van der Waals surface area contributed by atoms with Gasteiger partial charge in [-0.05, 0) is 63.1 Å². The molecule has 2 aromatic rings. The molecule has 6 nitrogen and oxygen atoms in total. The summed E-state index contributed by atoms with van der Waals surface area (Å²) >= 11 is 0. The topological polar surface area (TPSA) is 63.5 Å². The van der Waals surface area contributed by atoms with Crippen molar-refractivity contribution in [3.8, 4) is 0 Å². The lowest BCUT2D eigenvalue weighted by Crippen LogP contribution is -2.38. The highest BCUT2D eigenvalue weighted by atomic mass is 127. The molecule has 7 heteroatoms. The molecular weight excluding hydrogens is 489 g/mol. The number of halogens is 1. The van der Waals surface area contributed by atoms with Crippen molar-refractivity contribution in [1.82, 2.24) is 20.4 Å². The van der Waals surface area contributed by atoms with Gasteiger partial charge in [-0.1, -0.05) is 24.3 Å². The van der Waals surface area contributed by atoms with E-state index in [1.54, 1.807) is 0 Å². The number of hydrogen-bond donors (Lipinski definition) is 2. The summed E-state index contributed by atoms with van der Waals surface area (Å²) in [6.45, 7) is 7.53. The van der Waals surface area contributed by atoms with Crippen LogP contribution in [-0.2, 0) is 17.7 Å². The van der Waals surface area contributed by atoms with Crippen molar-refractivity contribution >= 4 is 29.9 Å². The van der Waals surface area contributed by atoms with Gasteiger partial charge in [0.25, 0.3) is 0 Å². The zero-order valence-electron chi connectivity index (χ0n) is 18.5. The number of aromatic nitrogens is 2. The van der Waals surface area contributed by atoms with E-state index in [1.165, 1.54) is 29.7 Å². The molecule has 0 amide bonds. The second kappa shape index (κ2) is 12.9. The largest absolute Gasteiger partial charge is 0.373 e. The lowest BCUT2D eigenvalue weighted by molar-refractivity contribution is 0.0398. The Hall–Kier alpha value is -1.61. The van der Waals surface area contributed by atoms with E-state index in [1.807, 2.05) is 14.0 Å². The van der Waals surface area contributed by atoms with E-state index in [2.05, 4.69) is 62.7 Å². The van der Waals surface area contributed by atoms with Gasteiger partial charge in [0.2, 0.25) is 0 Å². The second-order valence-corrected chi connectivity index (χ2v) is 7.73.